The van der Waals surface area contributed by atoms with Crippen LogP contribution >= 0.6 is 11.6 Å². The average molecular weight is 348 g/mol. The topological polar surface area (TPSA) is 36.4 Å². The molecule has 0 aromatic carbocycles. The van der Waals surface area contributed by atoms with Crippen LogP contribution in [0.15, 0.2) is 51.3 Å². The molecule has 1 aliphatic heterocycles. The van der Waals surface area contributed by atoms with Gasteiger partial charge in [-0.1, -0.05) is 49.6 Å². The lowest BCUT2D eigenvalue weighted by Crippen LogP contribution is -2.31. The van der Waals surface area contributed by atoms with Gasteiger partial charge >= 0.3 is 0 Å². The second kappa shape index (κ2) is 9.24. The van der Waals surface area contributed by atoms with Crippen LogP contribution in [-0.4, -0.2) is 25.8 Å². The molecule has 0 amide bonds. The first-order valence-electron chi connectivity index (χ1n) is 8.90. The van der Waals surface area contributed by atoms with Crippen LogP contribution in [0.25, 0.3) is 0 Å². The van der Waals surface area contributed by atoms with Gasteiger partial charge in [0.2, 0.25) is 0 Å². The molecule has 1 unspecified atom stereocenters. The molecular formula is C20H30ClN3. The third kappa shape index (κ3) is 5.35. The molecule has 3 nitrogen and oxygen atoms in total. The molecule has 24 heavy (non-hydrogen) atoms. The summed E-state index contributed by atoms with van der Waals surface area (Å²) in [5.41, 5.74) is 3.77. The highest BCUT2D eigenvalue weighted by molar-refractivity contribution is 6.31. The van der Waals surface area contributed by atoms with E-state index in [4.69, 9.17) is 11.6 Å². The number of dihydropyridines is 1. The summed E-state index contributed by atoms with van der Waals surface area (Å²) in [6.07, 6.45) is 14.5. The number of nitrogens with zero attached hydrogens (tertiary/aromatic N) is 1. The molecule has 0 aromatic rings. The van der Waals surface area contributed by atoms with Crippen LogP contribution in [0, 0.1) is 11.8 Å². The van der Waals surface area contributed by atoms with Gasteiger partial charge in [-0.15, -0.1) is 0 Å². The van der Waals surface area contributed by atoms with Crippen LogP contribution in [0.4, 0.5) is 0 Å². The number of halogens is 1. The van der Waals surface area contributed by atoms with E-state index in [1.165, 1.54) is 30.4 Å². The van der Waals surface area contributed by atoms with E-state index < -0.39 is 0 Å². The van der Waals surface area contributed by atoms with E-state index in [1.807, 2.05) is 25.5 Å². The first-order valence-corrected chi connectivity index (χ1v) is 9.28. The van der Waals surface area contributed by atoms with E-state index in [2.05, 4.69) is 48.5 Å². The Morgan fingerprint density at radius 3 is 2.79 bits per heavy atom. The second-order valence-corrected chi connectivity index (χ2v) is 7.39. The molecule has 2 aliphatic rings. The maximum atomic E-state index is 6.27. The fraction of sp³-hybridized carbons (Fsp3) is 0.550. The van der Waals surface area contributed by atoms with Gasteiger partial charge in [0.1, 0.15) is 5.16 Å². The summed E-state index contributed by atoms with van der Waals surface area (Å²) in [6, 6.07) is 0.104. The summed E-state index contributed by atoms with van der Waals surface area (Å²) in [5.74, 6) is 1.30. The number of aliphatic imine (C=N–C) groups is 1. The van der Waals surface area contributed by atoms with Gasteiger partial charge in [-0.05, 0) is 56.5 Å². The summed E-state index contributed by atoms with van der Waals surface area (Å²) in [6.45, 7) is 7.37. The highest BCUT2D eigenvalue weighted by Crippen LogP contribution is 2.33. The number of rotatable bonds is 7. The largest absolute Gasteiger partial charge is 0.352 e. The Morgan fingerprint density at radius 1 is 1.46 bits per heavy atom. The van der Waals surface area contributed by atoms with Crippen LogP contribution in [0.1, 0.15) is 40.0 Å². The fourth-order valence-electron chi connectivity index (χ4n) is 3.03. The zero-order valence-electron chi connectivity index (χ0n) is 15.3. The molecule has 2 N–H and O–H groups in total. The minimum atomic E-state index is 0.104. The summed E-state index contributed by atoms with van der Waals surface area (Å²) in [7, 11) is 1.92. The smallest absolute Gasteiger partial charge is 0.112 e. The summed E-state index contributed by atoms with van der Waals surface area (Å²) in [5, 5.41) is 6.90. The highest BCUT2D eigenvalue weighted by Gasteiger charge is 2.19. The Balaban J connectivity index is 2.07. The lowest BCUT2D eigenvalue weighted by Gasteiger charge is -2.26. The molecule has 0 radical (unpaired) electrons. The molecule has 1 fully saturated rings. The maximum absolute atomic E-state index is 6.27. The van der Waals surface area contributed by atoms with Crippen LogP contribution < -0.4 is 10.6 Å². The average Bonchev–Trinajstić information content (AvgIpc) is 2.46. The molecule has 4 heteroatoms. The number of hydrogen-bond donors (Lipinski definition) is 2. The lowest BCUT2D eigenvalue weighted by molar-refractivity contribution is 0.368. The van der Waals surface area contributed by atoms with Crippen molar-refractivity contribution >= 4 is 17.8 Å². The van der Waals surface area contributed by atoms with Crippen molar-refractivity contribution in [3.05, 3.63) is 46.3 Å². The van der Waals surface area contributed by atoms with Gasteiger partial charge < -0.3 is 10.6 Å². The minimum absolute atomic E-state index is 0.104. The Morgan fingerprint density at radius 2 is 2.21 bits per heavy atom. The van der Waals surface area contributed by atoms with Crippen molar-refractivity contribution in [1.29, 1.82) is 0 Å². The van der Waals surface area contributed by atoms with Crippen molar-refractivity contribution < 1.29 is 0 Å². The van der Waals surface area contributed by atoms with E-state index in [1.54, 1.807) is 0 Å². The van der Waals surface area contributed by atoms with Gasteiger partial charge in [-0.25, -0.2) is 0 Å². The van der Waals surface area contributed by atoms with E-state index in [-0.39, 0.29) is 6.04 Å². The predicted octanol–water partition coefficient (Wildman–Crippen LogP) is 4.54. The highest BCUT2D eigenvalue weighted by atomic mass is 35.5. The Bertz CT molecular complexity index is 578. The molecule has 0 saturated heterocycles. The van der Waals surface area contributed by atoms with Gasteiger partial charge in [0.15, 0.2) is 0 Å². The molecule has 0 bridgehead atoms. The van der Waals surface area contributed by atoms with Gasteiger partial charge in [0.25, 0.3) is 0 Å². The molecule has 1 aliphatic carbocycles. The normalized spacial score (nSPS) is 23.2. The van der Waals surface area contributed by atoms with Crippen LogP contribution in [0.3, 0.4) is 0 Å². The molecule has 0 spiro atoms. The standard InChI is InChI=1S/C20H30ClN3/c1-14(2)10-16(11-15(3)17-6-5-7-17)12-23-13-18-19(22-4)8-9-24-20(18)21/h8-11,13-14,17,19,22,24H,5-7,12H2,1-4H3/b15-11+,16-10+,23-13?. The minimum Gasteiger partial charge on any atom is -0.352 e. The van der Waals surface area contributed by atoms with E-state index in [0.29, 0.717) is 17.6 Å². The summed E-state index contributed by atoms with van der Waals surface area (Å²) in [4.78, 5) is 4.66. The van der Waals surface area contributed by atoms with Crippen LogP contribution in [0.5, 0.6) is 0 Å². The quantitative estimate of drug-likeness (QED) is 0.403. The number of allylic oxidation sites excluding steroid dienone is 2. The molecule has 1 atom stereocenters. The zero-order valence-corrected chi connectivity index (χ0v) is 16.0. The molecule has 0 aromatic heterocycles. The molecule has 2 rings (SSSR count). The van der Waals surface area contributed by atoms with Crippen molar-refractivity contribution in [2.45, 2.75) is 46.1 Å². The summed E-state index contributed by atoms with van der Waals surface area (Å²) < 4.78 is 0. The summed E-state index contributed by atoms with van der Waals surface area (Å²) >= 11 is 6.27. The predicted molar refractivity (Wildman–Crippen MR) is 105 cm³/mol. The first kappa shape index (κ1) is 19.0. The molecule has 1 heterocycles. The number of likely N-dealkylation sites (N-methyl/N-ethyl adjacent to an activating group) is 1. The van der Waals surface area contributed by atoms with Crippen LogP contribution in [-0.2, 0) is 0 Å². The molecule has 132 valence electrons. The van der Waals surface area contributed by atoms with Gasteiger partial charge in [-0.3, -0.25) is 4.99 Å². The lowest BCUT2D eigenvalue weighted by atomic mass is 9.79. The van der Waals surface area contributed by atoms with Gasteiger partial charge in [-0.2, -0.15) is 0 Å². The van der Waals surface area contributed by atoms with Gasteiger partial charge in [0, 0.05) is 11.8 Å². The van der Waals surface area contributed by atoms with Crippen molar-refractivity contribution in [2.24, 2.45) is 16.8 Å². The Labute approximate surface area is 151 Å². The third-order valence-electron chi connectivity index (χ3n) is 4.61. The fourth-order valence-corrected chi connectivity index (χ4v) is 3.26. The van der Waals surface area contributed by atoms with E-state index in [0.717, 1.165) is 11.5 Å². The van der Waals surface area contributed by atoms with Crippen molar-refractivity contribution in [3.63, 3.8) is 0 Å². The number of nitrogens with one attached hydrogen (secondary N) is 2. The number of hydrogen-bond acceptors (Lipinski definition) is 3. The van der Waals surface area contributed by atoms with E-state index >= 15 is 0 Å². The maximum Gasteiger partial charge on any atom is 0.112 e. The van der Waals surface area contributed by atoms with Crippen molar-refractivity contribution in [3.8, 4) is 0 Å². The zero-order chi connectivity index (χ0) is 17.5. The van der Waals surface area contributed by atoms with E-state index in [9.17, 15) is 0 Å². The Kier molecular flexibility index (Phi) is 7.32. The van der Waals surface area contributed by atoms with Gasteiger partial charge in [0.05, 0.1) is 12.6 Å². The monoisotopic (exact) mass is 347 g/mol. The van der Waals surface area contributed by atoms with Crippen LogP contribution in [0.2, 0.25) is 0 Å². The molecular weight excluding hydrogens is 318 g/mol. The third-order valence-corrected chi connectivity index (χ3v) is 4.94. The first-order chi connectivity index (χ1) is 11.5. The second-order valence-electron chi connectivity index (χ2n) is 7.01. The molecule has 1 saturated carbocycles. The SMILES string of the molecule is CNC1C=CNC(Cl)=C1C=NCC(=C/C(C)C)/C=C(\C)C1CCC1. The Hall–Kier alpha value is -1.32. The van der Waals surface area contributed by atoms with Crippen molar-refractivity contribution in [2.75, 3.05) is 13.6 Å². The van der Waals surface area contributed by atoms with Crippen molar-refractivity contribution in [1.82, 2.24) is 10.6 Å².